The minimum Gasteiger partial charge on any atom is -0.490 e. The Morgan fingerprint density at radius 1 is 1.19 bits per heavy atom. The van der Waals surface area contributed by atoms with Crippen molar-refractivity contribution in [3.05, 3.63) is 58.4 Å². The Bertz CT molecular complexity index is 907. The van der Waals surface area contributed by atoms with Crippen molar-refractivity contribution in [2.45, 2.75) is 13.8 Å². The summed E-state index contributed by atoms with van der Waals surface area (Å²) in [4.78, 5) is 12.3. The molecule has 0 saturated heterocycles. The predicted octanol–water partition coefficient (Wildman–Crippen LogP) is 4.82. The Hall–Kier alpha value is -3.04. The van der Waals surface area contributed by atoms with Crippen molar-refractivity contribution in [1.29, 1.82) is 5.26 Å². The van der Waals surface area contributed by atoms with E-state index in [9.17, 15) is 14.4 Å². The van der Waals surface area contributed by atoms with E-state index < -0.39 is 11.7 Å². The van der Waals surface area contributed by atoms with E-state index in [0.29, 0.717) is 30.3 Å². The summed E-state index contributed by atoms with van der Waals surface area (Å²) in [6.45, 7) is 4.65. The van der Waals surface area contributed by atoms with Crippen LogP contribution in [0.4, 0.5) is 10.1 Å². The second-order valence-corrected chi connectivity index (χ2v) is 5.73. The molecule has 0 aromatic heterocycles. The highest BCUT2D eigenvalue weighted by molar-refractivity contribution is 6.31. The maximum atomic E-state index is 13.2. The molecule has 0 fully saturated rings. The number of nitrogens with zero attached hydrogens (tertiary/aromatic N) is 1. The summed E-state index contributed by atoms with van der Waals surface area (Å²) >= 11 is 5.70. The van der Waals surface area contributed by atoms with E-state index in [1.54, 1.807) is 18.2 Å². The van der Waals surface area contributed by atoms with Gasteiger partial charge in [0, 0.05) is 5.69 Å². The Balaban J connectivity index is 2.26. The molecule has 0 bridgehead atoms. The van der Waals surface area contributed by atoms with Crippen LogP contribution in [0.25, 0.3) is 6.08 Å². The first-order chi connectivity index (χ1) is 13.0. The SMILES string of the molecule is CCOc1ccc(C=C(C#N)C(=O)Nc2ccc(F)c(Cl)c2)cc1OCC. The number of rotatable bonds is 7. The van der Waals surface area contributed by atoms with Gasteiger partial charge in [0.25, 0.3) is 5.91 Å². The molecule has 0 spiro atoms. The Labute approximate surface area is 162 Å². The van der Waals surface area contributed by atoms with Crippen LogP contribution in [-0.2, 0) is 4.79 Å². The molecule has 0 aliphatic carbocycles. The summed E-state index contributed by atoms with van der Waals surface area (Å²) in [6.07, 6.45) is 1.43. The van der Waals surface area contributed by atoms with Crippen molar-refractivity contribution < 1.29 is 18.7 Å². The van der Waals surface area contributed by atoms with Crippen molar-refractivity contribution >= 4 is 29.3 Å². The van der Waals surface area contributed by atoms with Gasteiger partial charge in [-0.2, -0.15) is 5.26 Å². The zero-order valence-electron chi connectivity index (χ0n) is 14.9. The highest BCUT2D eigenvalue weighted by atomic mass is 35.5. The number of hydrogen-bond donors (Lipinski definition) is 1. The molecule has 0 saturated carbocycles. The van der Waals surface area contributed by atoms with Crippen LogP contribution < -0.4 is 14.8 Å². The van der Waals surface area contributed by atoms with Crippen LogP contribution in [0.5, 0.6) is 11.5 Å². The zero-order chi connectivity index (χ0) is 19.8. The molecule has 2 aromatic rings. The van der Waals surface area contributed by atoms with Crippen molar-refractivity contribution in [2.24, 2.45) is 0 Å². The highest BCUT2D eigenvalue weighted by Crippen LogP contribution is 2.29. The fourth-order valence-corrected chi connectivity index (χ4v) is 2.43. The van der Waals surface area contributed by atoms with Gasteiger partial charge < -0.3 is 14.8 Å². The van der Waals surface area contributed by atoms with Crippen LogP contribution in [0.3, 0.4) is 0 Å². The summed E-state index contributed by atoms with van der Waals surface area (Å²) in [6, 6.07) is 10.7. The van der Waals surface area contributed by atoms with Gasteiger partial charge in [-0.05, 0) is 55.8 Å². The third kappa shape index (κ3) is 5.47. The van der Waals surface area contributed by atoms with E-state index in [1.807, 2.05) is 19.9 Å². The fourth-order valence-electron chi connectivity index (χ4n) is 2.25. The van der Waals surface area contributed by atoms with Gasteiger partial charge in [0.05, 0.1) is 18.2 Å². The van der Waals surface area contributed by atoms with Crippen molar-refractivity contribution in [1.82, 2.24) is 0 Å². The number of amides is 1. The number of anilines is 1. The van der Waals surface area contributed by atoms with Crippen LogP contribution in [-0.4, -0.2) is 19.1 Å². The summed E-state index contributed by atoms with van der Waals surface area (Å²) < 4.78 is 24.2. The second-order valence-electron chi connectivity index (χ2n) is 5.33. The summed E-state index contributed by atoms with van der Waals surface area (Å²) in [5, 5.41) is 11.7. The highest BCUT2D eigenvalue weighted by Gasteiger charge is 2.12. The van der Waals surface area contributed by atoms with Gasteiger partial charge in [0.15, 0.2) is 11.5 Å². The van der Waals surface area contributed by atoms with E-state index in [0.717, 1.165) is 6.07 Å². The molecule has 7 heteroatoms. The van der Waals surface area contributed by atoms with Crippen LogP contribution >= 0.6 is 11.6 Å². The molecule has 1 amide bonds. The largest absolute Gasteiger partial charge is 0.490 e. The number of nitrogens with one attached hydrogen (secondary N) is 1. The average molecular weight is 389 g/mol. The molecular formula is C20H18ClFN2O3. The van der Waals surface area contributed by atoms with Gasteiger partial charge in [-0.3, -0.25) is 4.79 Å². The van der Waals surface area contributed by atoms with Crippen LogP contribution in [0.15, 0.2) is 42.0 Å². The zero-order valence-corrected chi connectivity index (χ0v) is 15.6. The number of hydrogen-bond acceptors (Lipinski definition) is 4. The summed E-state index contributed by atoms with van der Waals surface area (Å²) in [5.41, 5.74) is 0.766. The first kappa shape index (κ1) is 20.3. The number of nitriles is 1. The molecular weight excluding hydrogens is 371 g/mol. The molecule has 5 nitrogen and oxygen atoms in total. The number of ether oxygens (including phenoxy) is 2. The van der Waals surface area contributed by atoms with E-state index >= 15 is 0 Å². The van der Waals surface area contributed by atoms with E-state index in [-0.39, 0.29) is 16.3 Å². The molecule has 2 rings (SSSR count). The Morgan fingerprint density at radius 2 is 1.89 bits per heavy atom. The lowest BCUT2D eigenvalue weighted by Crippen LogP contribution is -2.13. The molecule has 0 heterocycles. The number of benzene rings is 2. The molecule has 2 aromatic carbocycles. The lowest BCUT2D eigenvalue weighted by atomic mass is 10.1. The van der Waals surface area contributed by atoms with Gasteiger partial charge in [0.1, 0.15) is 17.5 Å². The van der Waals surface area contributed by atoms with E-state index in [1.165, 1.54) is 18.2 Å². The van der Waals surface area contributed by atoms with E-state index in [2.05, 4.69) is 5.32 Å². The molecule has 0 unspecified atom stereocenters. The van der Waals surface area contributed by atoms with Crippen molar-refractivity contribution in [3.63, 3.8) is 0 Å². The quantitative estimate of drug-likeness (QED) is 0.545. The maximum Gasteiger partial charge on any atom is 0.266 e. The number of carbonyl (C=O) groups is 1. The average Bonchev–Trinajstić information content (AvgIpc) is 2.65. The molecule has 0 aliphatic rings. The van der Waals surface area contributed by atoms with Crippen molar-refractivity contribution in [2.75, 3.05) is 18.5 Å². The Kier molecular flexibility index (Phi) is 7.21. The molecule has 140 valence electrons. The summed E-state index contributed by atoms with van der Waals surface area (Å²) in [7, 11) is 0. The van der Waals surface area contributed by atoms with Crippen LogP contribution in [0, 0.1) is 17.1 Å². The van der Waals surface area contributed by atoms with Crippen molar-refractivity contribution in [3.8, 4) is 17.6 Å². The lowest BCUT2D eigenvalue weighted by molar-refractivity contribution is -0.112. The first-order valence-electron chi connectivity index (χ1n) is 8.26. The van der Waals surface area contributed by atoms with Gasteiger partial charge in [0.2, 0.25) is 0 Å². The topological polar surface area (TPSA) is 71.3 Å². The number of carbonyl (C=O) groups excluding carboxylic acids is 1. The third-order valence-electron chi connectivity index (χ3n) is 3.42. The minimum atomic E-state index is -0.632. The molecule has 0 aliphatic heterocycles. The smallest absolute Gasteiger partial charge is 0.266 e. The normalized spacial score (nSPS) is 10.9. The fraction of sp³-hybridized carbons (Fsp3) is 0.200. The van der Waals surface area contributed by atoms with Gasteiger partial charge >= 0.3 is 0 Å². The molecule has 1 N–H and O–H groups in total. The van der Waals surface area contributed by atoms with Gasteiger partial charge in [-0.15, -0.1) is 0 Å². The van der Waals surface area contributed by atoms with E-state index in [4.69, 9.17) is 21.1 Å². The molecule has 0 radical (unpaired) electrons. The minimum absolute atomic E-state index is 0.122. The predicted molar refractivity (Wildman–Crippen MR) is 102 cm³/mol. The molecule has 0 atom stereocenters. The summed E-state index contributed by atoms with van der Waals surface area (Å²) in [5.74, 6) is -0.118. The standard InChI is InChI=1S/C20H18ClFN2O3/c1-3-26-18-8-5-13(10-19(18)27-4-2)9-14(12-23)20(25)24-15-6-7-17(22)16(21)11-15/h5-11H,3-4H2,1-2H3,(H,24,25). The van der Waals surface area contributed by atoms with Gasteiger partial charge in [-0.1, -0.05) is 17.7 Å². The first-order valence-corrected chi connectivity index (χ1v) is 8.64. The third-order valence-corrected chi connectivity index (χ3v) is 3.71. The van der Waals surface area contributed by atoms with Gasteiger partial charge in [-0.25, -0.2) is 4.39 Å². The molecule has 27 heavy (non-hydrogen) atoms. The second kappa shape index (κ2) is 9.60. The monoisotopic (exact) mass is 388 g/mol. The maximum absolute atomic E-state index is 13.2. The van der Waals surface area contributed by atoms with Crippen LogP contribution in [0.2, 0.25) is 5.02 Å². The lowest BCUT2D eigenvalue weighted by Gasteiger charge is -2.11. The Morgan fingerprint density at radius 3 is 2.52 bits per heavy atom. The number of halogens is 2. The van der Waals surface area contributed by atoms with Crippen LogP contribution in [0.1, 0.15) is 19.4 Å².